The number of aryl methyl sites for hydroxylation is 1. The number of ether oxygens (including phenoxy) is 1. The molecule has 1 aliphatic heterocycles. The minimum absolute atomic E-state index is 0.123. The molecule has 1 atom stereocenters. The van der Waals surface area contributed by atoms with Gasteiger partial charge in [0.05, 0.1) is 19.3 Å². The van der Waals surface area contributed by atoms with Crippen molar-refractivity contribution in [3.63, 3.8) is 0 Å². The number of benzene rings is 1. The van der Waals surface area contributed by atoms with Gasteiger partial charge in [0.1, 0.15) is 0 Å². The quantitative estimate of drug-likeness (QED) is 0.840. The van der Waals surface area contributed by atoms with E-state index in [1.165, 1.54) is 10.4 Å². The maximum Gasteiger partial charge on any atom is 0.220 e. The fourth-order valence-corrected chi connectivity index (χ4v) is 3.72. The van der Waals surface area contributed by atoms with E-state index < -0.39 is 0 Å². The van der Waals surface area contributed by atoms with Gasteiger partial charge in [-0.3, -0.25) is 9.69 Å². The largest absolute Gasteiger partial charge is 0.379 e. The van der Waals surface area contributed by atoms with Crippen LogP contribution in [0.2, 0.25) is 0 Å². The number of thiophene rings is 1. The van der Waals surface area contributed by atoms with E-state index in [4.69, 9.17) is 4.74 Å². The molecule has 0 saturated carbocycles. The average molecular weight is 344 g/mol. The van der Waals surface area contributed by atoms with Crippen LogP contribution in [0.4, 0.5) is 0 Å². The molecule has 0 aliphatic carbocycles. The summed E-state index contributed by atoms with van der Waals surface area (Å²) in [5.41, 5.74) is 1.25. The van der Waals surface area contributed by atoms with Crippen molar-refractivity contribution in [2.24, 2.45) is 0 Å². The van der Waals surface area contributed by atoms with Gasteiger partial charge in [0.25, 0.3) is 0 Å². The Bertz CT molecular complexity index is 610. The Balaban J connectivity index is 1.56. The first-order valence-corrected chi connectivity index (χ1v) is 9.37. The Labute approximate surface area is 147 Å². The summed E-state index contributed by atoms with van der Waals surface area (Å²) < 4.78 is 5.46. The molecular formula is C19H24N2O2S. The minimum atomic E-state index is 0.123. The van der Waals surface area contributed by atoms with Crippen molar-refractivity contribution in [2.75, 3.05) is 32.8 Å². The number of amides is 1. The molecule has 0 spiro atoms. The van der Waals surface area contributed by atoms with Gasteiger partial charge in [0.2, 0.25) is 5.91 Å². The van der Waals surface area contributed by atoms with Crippen LogP contribution in [0.25, 0.3) is 0 Å². The first kappa shape index (κ1) is 17.1. The number of nitrogens with zero attached hydrogens (tertiary/aromatic N) is 1. The standard InChI is InChI=1S/C19H24N2O2S/c22-19(9-8-17-7-4-14-24-17)20-15-18(16-5-2-1-3-6-16)21-10-12-23-13-11-21/h1-7,14,18H,8-13,15H2,(H,20,22). The molecule has 0 radical (unpaired) electrons. The lowest BCUT2D eigenvalue weighted by Crippen LogP contribution is -2.43. The highest BCUT2D eigenvalue weighted by molar-refractivity contribution is 7.09. The van der Waals surface area contributed by atoms with Crippen molar-refractivity contribution in [1.82, 2.24) is 10.2 Å². The molecule has 1 saturated heterocycles. The zero-order chi connectivity index (χ0) is 16.6. The van der Waals surface area contributed by atoms with E-state index in [1.54, 1.807) is 11.3 Å². The Hall–Kier alpha value is -1.69. The summed E-state index contributed by atoms with van der Waals surface area (Å²) in [5, 5.41) is 5.18. The van der Waals surface area contributed by atoms with Gasteiger partial charge in [0, 0.05) is 30.9 Å². The summed E-state index contributed by atoms with van der Waals surface area (Å²) in [6, 6.07) is 14.7. The molecule has 2 aromatic rings. The number of nitrogens with one attached hydrogen (secondary N) is 1. The number of hydrogen-bond donors (Lipinski definition) is 1. The lowest BCUT2D eigenvalue weighted by atomic mass is 10.0. The Morgan fingerprint density at radius 2 is 1.96 bits per heavy atom. The third kappa shape index (κ3) is 4.90. The number of rotatable bonds is 7. The summed E-state index contributed by atoms with van der Waals surface area (Å²) in [7, 11) is 0. The maximum absolute atomic E-state index is 12.2. The van der Waals surface area contributed by atoms with E-state index in [9.17, 15) is 4.79 Å². The van der Waals surface area contributed by atoms with Crippen LogP contribution < -0.4 is 5.32 Å². The van der Waals surface area contributed by atoms with Crippen molar-refractivity contribution in [3.8, 4) is 0 Å². The minimum Gasteiger partial charge on any atom is -0.379 e. The summed E-state index contributed by atoms with van der Waals surface area (Å²) in [6.45, 7) is 3.98. The van der Waals surface area contributed by atoms with Gasteiger partial charge in [-0.15, -0.1) is 11.3 Å². The molecule has 1 unspecified atom stereocenters. The fourth-order valence-electron chi connectivity index (χ4n) is 3.01. The normalized spacial score (nSPS) is 16.7. The second-order valence-corrected chi connectivity index (χ2v) is 6.99. The maximum atomic E-state index is 12.2. The van der Waals surface area contributed by atoms with Gasteiger partial charge in [-0.05, 0) is 23.4 Å². The lowest BCUT2D eigenvalue weighted by molar-refractivity contribution is -0.121. The van der Waals surface area contributed by atoms with Gasteiger partial charge in [-0.1, -0.05) is 36.4 Å². The molecular weight excluding hydrogens is 320 g/mol. The molecule has 1 fully saturated rings. The molecule has 1 aromatic carbocycles. The Kier molecular flexibility index (Phi) is 6.41. The van der Waals surface area contributed by atoms with E-state index in [2.05, 4.69) is 45.9 Å². The summed E-state index contributed by atoms with van der Waals surface area (Å²) in [4.78, 5) is 15.9. The fraction of sp³-hybridized carbons (Fsp3) is 0.421. The van der Waals surface area contributed by atoms with Crippen LogP contribution in [0.15, 0.2) is 47.8 Å². The van der Waals surface area contributed by atoms with Crippen molar-refractivity contribution < 1.29 is 9.53 Å². The summed E-state index contributed by atoms with van der Waals surface area (Å²) in [5.74, 6) is 0.123. The SMILES string of the molecule is O=C(CCc1cccs1)NCC(c1ccccc1)N1CCOCC1. The van der Waals surface area contributed by atoms with Gasteiger partial charge in [-0.25, -0.2) is 0 Å². The van der Waals surface area contributed by atoms with Crippen molar-refractivity contribution in [1.29, 1.82) is 0 Å². The first-order chi connectivity index (χ1) is 11.8. The zero-order valence-electron chi connectivity index (χ0n) is 13.8. The molecule has 1 N–H and O–H groups in total. The monoisotopic (exact) mass is 344 g/mol. The van der Waals surface area contributed by atoms with Crippen LogP contribution in [0.3, 0.4) is 0 Å². The van der Waals surface area contributed by atoms with Gasteiger partial charge >= 0.3 is 0 Å². The molecule has 1 aliphatic rings. The van der Waals surface area contributed by atoms with Crippen molar-refractivity contribution in [3.05, 3.63) is 58.3 Å². The smallest absolute Gasteiger partial charge is 0.220 e. The van der Waals surface area contributed by atoms with E-state index in [0.717, 1.165) is 32.7 Å². The molecule has 128 valence electrons. The van der Waals surface area contributed by atoms with Gasteiger partial charge in [0.15, 0.2) is 0 Å². The highest BCUT2D eigenvalue weighted by Gasteiger charge is 2.22. The first-order valence-electron chi connectivity index (χ1n) is 8.49. The van der Waals surface area contributed by atoms with Crippen LogP contribution in [0.1, 0.15) is 22.9 Å². The molecule has 5 heteroatoms. The van der Waals surface area contributed by atoms with Crippen LogP contribution in [0.5, 0.6) is 0 Å². The topological polar surface area (TPSA) is 41.6 Å². The molecule has 1 aromatic heterocycles. The molecule has 0 bridgehead atoms. The predicted molar refractivity (Wildman–Crippen MR) is 97.2 cm³/mol. The van der Waals surface area contributed by atoms with Gasteiger partial charge < -0.3 is 10.1 Å². The molecule has 4 nitrogen and oxygen atoms in total. The van der Waals surface area contributed by atoms with Crippen LogP contribution >= 0.6 is 11.3 Å². The van der Waals surface area contributed by atoms with Crippen molar-refractivity contribution in [2.45, 2.75) is 18.9 Å². The van der Waals surface area contributed by atoms with Gasteiger partial charge in [-0.2, -0.15) is 0 Å². The van der Waals surface area contributed by atoms with E-state index >= 15 is 0 Å². The highest BCUT2D eigenvalue weighted by Crippen LogP contribution is 2.21. The van der Waals surface area contributed by atoms with Crippen LogP contribution in [0, 0.1) is 0 Å². The lowest BCUT2D eigenvalue weighted by Gasteiger charge is -2.35. The van der Waals surface area contributed by atoms with E-state index in [-0.39, 0.29) is 11.9 Å². The van der Waals surface area contributed by atoms with Crippen LogP contribution in [-0.2, 0) is 16.0 Å². The molecule has 3 rings (SSSR count). The average Bonchev–Trinajstić information content (AvgIpc) is 3.16. The van der Waals surface area contributed by atoms with E-state index in [1.807, 2.05) is 12.1 Å². The summed E-state index contributed by atoms with van der Waals surface area (Å²) in [6.07, 6.45) is 1.36. The second kappa shape index (κ2) is 8.97. The number of morpholine rings is 1. The molecule has 1 amide bonds. The number of carbonyl (C=O) groups is 1. The predicted octanol–water partition coefficient (Wildman–Crippen LogP) is 2.87. The van der Waals surface area contributed by atoms with E-state index in [0.29, 0.717) is 13.0 Å². The third-order valence-corrected chi connectivity index (χ3v) is 5.28. The zero-order valence-corrected chi connectivity index (χ0v) is 14.6. The Morgan fingerprint density at radius 1 is 1.17 bits per heavy atom. The molecule has 24 heavy (non-hydrogen) atoms. The Morgan fingerprint density at radius 3 is 2.67 bits per heavy atom. The highest BCUT2D eigenvalue weighted by atomic mass is 32.1. The van der Waals surface area contributed by atoms with Crippen molar-refractivity contribution >= 4 is 17.2 Å². The third-order valence-electron chi connectivity index (χ3n) is 4.34. The second-order valence-electron chi connectivity index (χ2n) is 5.96. The number of carbonyl (C=O) groups excluding carboxylic acids is 1. The molecule has 2 heterocycles. The summed E-state index contributed by atoms with van der Waals surface area (Å²) >= 11 is 1.71. The number of hydrogen-bond acceptors (Lipinski definition) is 4. The van der Waals surface area contributed by atoms with Crippen LogP contribution in [-0.4, -0.2) is 43.7 Å².